The highest BCUT2D eigenvalue weighted by molar-refractivity contribution is 14.0. The fraction of sp³-hybridized carbons (Fsp3) is 0.600. The standard InChI is InChI=1S/C20H32N4O.HI/c1-4-15(2)19(25)23-18-12-8-9-16(13-18)14-22-20(21-3)24-17-10-6-5-7-11-17;/h8-9,12-13,15,17H,4-7,10-11,14H2,1-3H3,(H,23,25)(H2,21,22,24);1H. The predicted octanol–water partition coefficient (Wildman–Crippen LogP) is 4.29. The molecule has 0 bridgehead atoms. The van der Waals surface area contributed by atoms with Crippen LogP contribution in [0.25, 0.3) is 0 Å². The average molecular weight is 472 g/mol. The number of aliphatic imine (C=N–C) groups is 1. The number of guanidine groups is 1. The molecule has 1 unspecified atom stereocenters. The van der Waals surface area contributed by atoms with Gasteiger partial charge in [0.2, 0.25) is 5.91 Å². The van der Waals surface area contributed by atoms with Crippen LogP contribution >= 0.6 is 24.0 Å². The molecule has 2 rings (SSSR count). The van der Waals surface area contributed by atoms with Gasteiger partial charge >= 0.3 is 0 Å². The average Bonchev–Trinajstić information content (AvgIpc) is 2.65. The summed E-state index contributed by atoms with van der Waals surface area (Å²) < 4.78 is 0. The number of amides is 1. The lowest BCUT2D eigenvalue weighted by atomic mass is 9.96. The summed E-state index contributed by atoms with van der Waals surface area (Å²) in [6, 6.07) is 8.50. The minimum atomic E-state index is 0. The van der Waals surface area contributed by atoms with E-state index in [1.54, 1.807) is 7.05 Å². The number of nitrogens with one attached hydrogen (secondary N) is 3. The summed E-state index contributed by atoms with van der Waals surface area (Å²) in [5.74, 6) is 0.948. The number of halogens is 1. The zero-order valence-electron chi connectivity index (χ0n) is 16.2. The van der Waals surface area contributed by atoms with Gasteiger partial charge in [-0.05, 0) is 37.0 Å². The predicted molar refractivity (Wildman–Crippen MR) is 120 cm³/mol. The molecule has 1 aromatic rings. The van der Waals surface area contributed by atoms with Gasteiger partial charge < -0.3 is 16.0 Å². The molecule has 146 valence electrons. The highest BCUT2D eigenvalue weighted by atomic mass is 127. The first-order valence-electron chi connectivity index (χ1n) is 9.49. The van der Waals surface area contributed by atoms with Gasteiger partial charge in [0.25, 0.3) is 0 Å². The first-order valence-corrected chi connectivity index (χ1v) is 9.49. The lowest BCUT2D eigenvalue weighted by Gasteiger charge is -2.25. The second-order valence-corrected chi connectivity index (χ2v) is 6.90. The molecule has 0 radical (unpaired) electrons. The van der Waals surface area contributed by atoms with Crippen molar-refractivity contribution in [2.24, 2.45) is 10.9 Å². The normalized spacial score (nSPS) is 16.3. The van der Waals surface area contributed by atoms with Gasteiger partial charge in [0, 0.05) is 31.2 Å². The molecule has 1 saturated carbocycles. The molecule has 1 atom stereocenters. The van der Waals surface area contributed by atoms with Gasteiger partial charge in [0.05, 0.1) is 0 Å². The van der Waals surface area contributed by atoms with E-state index < -0.39 is 0 Å². The Labute approximate surface area is 174 Å². The van der Waals surface area contributed by atoms with E-state index in [9.17, 15) is 4.79 Å². The van der Waals surface area contributed by atoms with Crippen molar-refractivity contribution in [3.63, 3.8) is 0 Å². The summed E-state index contributed by atoms with van der Waals surface area (Å²) in [4.78, 5) is 16.4. The summed E-state index contributed by atoms with van der Waals surface area (Å²) in [6.45, 7) is 4.65. The lowest BCUT2D eigenvalue weighted by Crippen LogP contribution is -2.43. The number of carbonyl (C=O) groups excluding carboxylic acids is 1. The van der Waals surface area contributed by atoms with Crippen molar-refractivity contribution in [1.82, 2.24) is 10.6 Å². The molecule has 6 heteroatoms. The van der Waals surface area contributed by atoms with Gasteiger partial charge in [-0.15, -0.1) is 24.0 Å². The molecular weight excluding hydrogens is 439 g/mol. The molecule has 0 saturated heterocycles. The second-order valence-electron chi connectivity index (χ2n) is 6.90. The summed E-state index contributed by atoms with van der Waals surface area (Å²) in [5.41, 5.74) is 1.97. The molecular formula is C20H33IN4O. The number of rotatable bonds is 6. The molecule has 1 amide bonds. The summed E-state index contributed by atoms with van der Waals surface area (Å²) in [7, 11) is 1.81. The van der Waals surface area contributed by atoms with E-state index in [4.69, 9.17) is 0 Å². The van der Waals surface area contributed by atoms with Crippen LogP contribution < -0.4 is 16.0 Å². The van der Waals surface area contributed by atoms with Gasteiger partial charge in [-0.3, -0.25) is 9.79 Å². The van der Waals surface area contributed by atoms with Crippen molar-refractivity contribution in [1.29, 1.82) is 0 Å². The minimum Gasteiger partial charge on any atom is -0.354 e. The minimum absolute atomic E-state index is 0. The molecule has 0 aliphatic heterocycles. The Kier molecular flexibility index (Phi) is 10.6. The highest BCUT2D eigenvalue weighted by Gasteiger charge is 2.14. The third-order valence-corrected chi connectivity index (χ3v) is 4.88. The van der Waals surface area contributed by atoms with Gasteiger partial charge in [-0.25, -0.2) is 0 Å². The number of carbonyl (C=O) groups is 1. The Morgan fingerprint density at radius 1 is 1.27 bits per heavy atom. The molecule has 26 heavy (non-hydrogen) atoms. The molecule has 0 aromatic heterocycles. The summed E-state index contributed by atoms with van der Waals surface area (Å²) in [6.07, 6.45) is 7.23. The van der Waals surface area contributed by atoms with E-state index in [1.807, 2.05) is 32.0 Å². The van der Waals surface area contributed by atoms with E-state index in [-0.39, 0.29) is 35.8 Å². The van der Waals surface area contributed by atoms with Crippen molar-refractivity contribution in [3.8, 4) is 0 Å². The maximum atomic E-state index is 12.0. The molecule has 1 fully saturated rings. The Hall–Kier alpha value is -1.31. The van der Waals surface area contributed by atoms with Crippen LogP contribution in [0.5, 0.6) is 0 Å². The van der Waals surface area contributed by atoms with Gasteiger partial charge in [-0.1, -0.05) is 45.2 Å². The van der Waals surface area contributed by atoms with Crippen LogP contribution in [-0.4, -0.2) is 25.0 Å². The monoisotopic (exact) mass is 472 g/mol. The molecule has 1 aliphatic carbocycles. The molecule has 0 heterocycles. The molecule has 5 nitrogen and oxygen atoms in total. The number of hydrogen-bond acceptors (Lipinski definition) is 2. The topological polar surface area (TPSA) is 65.5 Å². The summed E-state index contributed by atoms with van der Waals surface area (Å²) in [5, 5.41) is 9.88. The van der Waals surface area contributed by atoms with Crippen molar-refractivity contribution in [3.05, 3.63) is 29.8 Å². The van der Waals surface area contributed by atoms with Gasteiger partial charge in [0.15, 0.2) is 5.96 Å². The van der Waals surface area contributed by atoms with E-state index in [0.717, 1.165) is 23.6 Å². The molecule has 1 aromatic carbocycles. The lowest BCUT2D eigenvalue weighted by molar-refractivity contribution is -0.119. The molecule has 1 aliphatic rings. The Morgan fingerprint density at radius 3 is 2.65 bits per heavy atom. The van der Waals surface area contributed by atoms with E-state index in [0.29, 0.717) is 12.6 Å². The third-order valence-electron chi connectivity index (χ3n) is 4.88. The van der Waals surface area contributed by atoms with E-state index in [1.165, 1.54) is 32.1 Å². The van der Waals surface area contributed by atoms with Crippen LogP contribution in [-0.2, 0) is 11.3 Å². The van der Waals surface area contributed by atoms with Crippen molar-refractivity contribution in [2.75, 3.05) is 12.4 Å². The number of hydrogen-bond donors (Lipinski definition) is 3. The van der Waals surface area contributed by atoms with Crippen LogP contribution in [0.2, 0.25) is 0 Å². The maximum Gasteiger partial charge on any atom is 0.227 e. The fourth-order valence-corrected chi connectivity index (χ4v) is 3.03. The number of anilines is 1. The van der Waals surface area contributed by atoms with Crippen LogP contribution in [0.1, 0.15) is 57.9 Å². The van der Waals surface area contributed by atoms with Crippen molar-refractivity contribution >= 4 is 41.5 Å². The van der Waals surface area contributed by atoms with Crippen LogP contribution in [0, 0.1) is 5.92 Å². The fourth-order valence-electron chi connectivity index (χ4n) is 3.03. The zero-order valence-corrected chi connectivity index (χ0v) is 18.5. The number of benzene rings is 1. The first-order chi connectivity index (χ1) is 12.1. The van der Waals surface area contributed by atoms with Crippen LogP contribution in [0.4, 0.5) is 5.69 Å². The third kappa shape index (κ3) is 7.51. The SMILES string of the molecule is CCC(C)C(=O)Nc1cccc(CNC(=NC)NC2CCCCC2)c1.I. The zero-order chi connectivity index (χ0) is 18.1. The van der Waals surface area contributed by atoms with Crippen LogP contribution in [0.3, 0.4) is 0 Å². The number of nitrogens with zero attached hydrogens (tertiary/aromatic N) is 1. The van der Waals surface area contributed by atoms with Crippen molar-refractivity contribution in [2.45, 2.75) is 65.0 Å². The second kappa shape index (κ2) is 12.1. The van der Waals surface area contributed by atoms with Gasteiger partial charge in [0.1, 0.15) is 0 Å². The smallest absolute Gasteiger partial charge is 0.227 e. The summed E-state index contributed by atoms with van der Waals surface area (Å²) >= 11 is 0. The Morgan fingerprint density at radius 2 is 2.00 bits per heavy atom. The van der Waals surface area contributed by atoms with Crippen LogP contribution in [0.15, 0.2) is 29.3 Å². The molecule has 3 N–H and O–H groups in total. The first kappa shape index (κ1) is 22.7. The largest absolute Gasteiger partial charge is 0.354 e. The Bertz CT molecular complexity index is 585. The van der Waals surface area contributed by atoms with E-state index in [2.05, 4.69) is 27.0 Å². The highest BCUT2D eigenvalue weighted by Crippen LogP contribution is 2.17. The van der Waals surface area contributed by atoms with Gasteiger partial charge in [-0.2, -0.15) is 0 Å². The van der Waals surface area contributed by atoms with E-state index >= 15 is 0 Å². The maximum absolute atomic E-state index is 12.0. The molecule has 0 spiro atoms. The van der Waals surface area contributed by atoms with Crippen molar-refractivity contribution < 1.29 is 4.79 Å². The quantitative estimate of drug-likeness (QED) is 0.329. The Balaban J connectivity index is 0.00000338.